The normalized spacial score (nSPS) is 24.3. The van der Waals surface area contributed by atoms with Crippen molar-refractivity contribution in [3.05, 3.63) is 42.2 Å². The number of aromatic nitrogens is 1. The summed E-state index contributed by atoms with van der Waals surface area (Å²) in [5.74, 6) is 0.0197. The first-order valence-electron chi connectivity index (χ1n) is 8.80. The first-order chi connectivity index (χ1) is 12.2. The van der Waals surface area contributed by atoms with Crippen molar-refractivity contribution in [3.63, 3.8) is 0 Å². The SMILES string of the molecule is COC1CN(Cc2cccnc2)C(=O)CN(C(=O)C2CC=CCC2)C1. The number of rotatable bonds is 4. The molecule has 134 valence electrons. The highest BCUT2D eigenvalue weighted by Gasteiger charge is 2.33. The number of allylic oxidation sites excluding steroid dienone is 2. The highest BCUT2D eigenvalue weighted by molar-refractivity contribution is 5.86. The zero-order valence-corrected chi connectivity index (χ0v) is 14.6. The van der Waals surface area contributed by atoms with E-state index >= 15 is 0 Å². The zero-order chi connectivity index (χ0) is 17.6. The fourth-order valence-electron chi connectivity index (χ4n) is 3.44. The number of amides is 2. The summed E-state index contributed by atoms with van der Waals surface area (Å²) in [4.78, 5) is 33.1. The number of hydrogen-bond donors (Lipinski definition) is 0. The third-order valence-electron chi connectivity index (χ3n) is 4.89. The van der Waals surface area contributed by atoms with Crippen molar-refractivity contribution in [1.82, 2.24) is 14.8 Å². The third kappa shape index (κ3) is 4.45. The van der Waals surface area contributed by atoms with Gasteiger partial charge in [-0.05, 0) is 30.9 Å². The molecule has 0 bridgehead atoms. The van der Waals surface area contributed by atoms with Gasteiger partial charge in [0.15, 0.2) is 0 Å². The number of carbonyl (C=O) groups is 2. The molecule has 0 N–H and O–H groups in total. The fraction of sp³-hybridized carbons (Fsp3) is 0.526. The smallest absolute Gasteiger partial charge is 0.242 e. The zero-order valence-electron chi connectivity index (χ0n) is 14.6. The molecule has 2 atom stereocenters. The van der Waals surface area contributed by atoms with E-state index in [1.807, 2.05) is 12.1 Å². The lowest BCUT2D eigenvalue weighted by Crippen LogP contribution is -2.43. The fourth-order valence-corrected chi connectivity index (χ4v) is 3.44. The molecule has 0 radical (unpaired) electrons. The summed E-state index contributed by atoms with van der Waals surface area (Å²) < 4.78 is 5.54. The van der Waals surface area contributed by atoms with Crippen molar-refractivity contribution in [2.75, 3.05) is 26.7 Å². The molecule has 1 aromatic heterocycles. The van der Waals surface area contributed by atoms with Crippen LogP contribution < -0.4 is 0 Å². The van der Waals surface area contributed by atoms with Crippen LogP contribution in [0.2, 0.25) is 0 Å². The minimum atomic E-state index is -0.175. The second-order valence-electron chi connectivity index (χ2n) is 6.69. The van der Waals surface area contributed by atoms with Crippen LogP contribution in [0, 0.1) is 5.92 Å². The molecule has 1 aromatic rings. The van der Waals surface area contributed by atoms with Crippen LogP contribution in [0.5, 0.6) is 0 Å². The first-order valence-corrected chi connectivity index (χ1v) is 8.80. The Kier molecular flexibility index (Phi) is 5.81. The quantitative estimate of drug-likeness (QED) is 0.780. The molecule has 2 heterocycles. The van der Waals surface area contributed by atoms with E-state index in [0.29, 0.717) is 19.6 Å². The van der Waals surface area contributed by atoms with Gasteiger partial charge < -0.3 is 14.5 Å². The van der Waals surface area contributed by atoms with Crippen LogP contribution in [0.4, 0.5) is 0 Å². The average Bonchev–Trinajstić information content (AvgIpc) is 2.82. The predicted octanol–water partition coefficient (Wildman–Crippen LogP) is 1.62. The average molecular weight is 343 g/mol. The Hall–Kier alpha value is -2.21. The lowest BCUT2D eigenvalue weighted by Gasteiger charge is -2.27. The second-order valence-corrected chi connectivity index (χ2v) is 6.69. The molecule has 6 nitrogen and oxygen atoms in total. The molecular formula is C19H25N3O3. The Morgan fingerprint density at radius 2 is 2.24 bits per heavy atom. The summed E-state index contributed by atoms with van der Waals surface area (Å²) in [7, 11) is 1.63. The van der Waals surface area contributed by atoms with Gasteiger partial charge in [0.2, 0.25) is 11.8 Å². The van der Waals surface area contributed by atoms with Crippen molar-refractivity contribution in [1.29, 1.82) is 0 Å². The third-order valence-corrected chi connectivity index (χ3v) is 4.89. The van der Waals surface area contributed by atoms with Crippen LogP contribution in [0.25, 0.3) is 0 Å². The van der Waals surface area contributed by atoms with Gasteiger partial charge >= 0.3 is 0 Å². The van der Waals surface area contributed by atoms with E-state index in [9.17, 15) is 9.59 Å². The highest BCUT2D eigenvalue weighted by Crippen LogP contribution is 2.22. The lowest BCUT2D eigenvalue weighted by atomic mass is 9.93. The number of nitrogens with zero attached hydrogens (tertiary/aromatic N) is 3. The van der Waals surface area contributed by atoms with Gasteiger partial charge in [0, 0.05) is 45.1 Å². The van der Waals surface area contributed by atoms with Crippen LogP contribution >= 0.6 is 0 Å². The topological polar surface area (TPSA) is 62.7 Å². The second kappa shape index (κ2) is 8.25. The van der Waals surface area contributed by atoms with Crippen LogP contribution in [0.15, 0.2) is 36.7 Å². The first kappa shape index (κ1) is 17.6. The Morgan fingerprint density at radius 3 is 2.92 bits per heavy atom. The molecule has 2 amide bonds. The summed E-state index contributed by atoms with van der Waals surface area (Å²) in [6.07, 6.45) is 10.0. The molecule has 2 aliphatic rings. The Labute approximate surface area is 148 Å². The minimum Gasteiger partial charge on any atom is -0.378 e. The maximum atomic E-state index is 12.8. The predicted molar refractivity (Wildman–Crippen MR) is 93.5 cm³/mol. The minimum absolute atomic E-state index is 0.0137. The van der Waals surface area contributed by atoms with Crippen LogP contribution in [0.1, 0.15) is 24.8 Å². The van der Waals surface area contributed by atoms with E-state index in [-0.39, 0.29) is 30.4 Å². The number of pyridine rings is 1. The van der Waals surface area contributed by atoms with Gasteiger partial charge in [-0.25, -0.2) is 0 Å². The van der Waals surface area contributed by atoms with E-state index in [2.05, 4.69) is 17.1 Å². The number of ether oxygens (including phenoxy) is 1. The molecule has 6 heteroatoms. The van der Waals surface area contributed by atoms with Crippen molar-refractivity contribution in [2.24, 2.45) is 5.92 Å². The maximum Gasteiger partial charge on any atom is 0.242 e. The van der Waals surface area contributed by atoms with Crippen LogP contribution in [-0.2, 0) is 20.9 Å². The molecule has 2 unspecified atom stereocenters. The number of methoxy groups -OCH3 is 1. The Balaban J connectivity index is 1.70. The Bertz CT molecular complexity index is 632. The van der Waals surface area contributed by atoms with E-state index in [4.69, 9.17) is 4.74 Å². The summed E-state index contributed by atoms with van der Waals surface area (Å²) in [5.41, 5.74) is 0.975. The maximum absolute atomic E-state index is 12.8. The summed E-state index contributed by atoms with van der Waals surface area (Å²) in [6.45, 7) is 1.56. The number of hydrogen-bond acceptors (Lipinski definition) is 4. The van der Waals surface area contributed by atoms with Gasteiger partial charge in [0.25, 0.3) is 0 Å². The molecule has 1 fully saturated rings. The highest BCUT2D eigenvalue weighted by atomic mass is 16.5. The largest absolute Gasteiger partial charge is 0.378 e. The summed E-state index contributed by atoms with van der Waals surface area (Å²) in [6, 6.07) is 3.81. The van der Waals surface area contributed by atoms with Crippen molar-refractivity contribution in [3.8, 4) is 0 Å². The van der Waals surface area contributed by atoms with Gasteiger partial charge in [0.1, 0.15) is 0 Å². The van der Waals surface area contributed by atoms with Crippen molar-refractivity contribution in [2.45, 2.75) is 31.9 Å². The van der Waals surface area contributed by atoms with Crippen LogP contribution in [0.3, 0.4) is 0 Å². The van der Waals surface area contributed by atoms with Crippen molar-refractivity contribution < 1.29 is 14.3 Å². The molecular weight excluding hydrogens is 318 g/mol. The van der Waals surface area contributed by atoms with Crippen molar-refractivity contribution >= 4 is 11.8 Å². The van der Waals surface area contributed by atoms with Gasteiger partial charge in [-0.15, -0.1) is 0 Å². The number of carbonyl (C=O) groups excluding carboxylic acids is 2. The van der Waals surface area contributed by atoms with Gasteiger partial charge in [0.05, 0.1) is 12.6 Å². The molecule has 3 rings (SSSR count). The summed E-state index contributed by atoms with van der Waals surface area (Å²) in [5, 5.41) is 0. The molecule has 1 saturated heterocycles. The van der Waals surface area contributed by atoms with Crippen LogP contribution in [-0.4, -0.2) is 59.4 Å². The van der Waals surface area contributed by atoms with E-state index in [0.717, 1.165) is 24.8 Å². The molecule has 0 spiro atoms. The molecule has 25 heavy (non-hydrogen) atoms. The molecule has 1 aliphatic heterocycles. The van der Waals surface area contributed by atoms with E-state index < -0.39 is 0 Å². The van der Waals surface area contributed by atoms with Gasteiger partial charge in [-0.3, -0.25) is 14.6 Å². The van der Waals surface area contributed by atoms with E-state index in [1.54, 1.807) is 29.3 Å². The molecule has 0 aromatic carbocycles. The monoisotopic (exact) mass is 343 g/mol. The lowest BCUT2D eigenvalue weighted by molar-refractivity contribution is -0.141. The summed E-state index contributed by atoms with van der Waals surface area (Å²) >= 11 is 0. The van der Waals surface area contributed by atoms with Gasteiger partial charge in [-0.2, -0.15) is 0 Å². The standard InChI is InChI=1S/C19H25N3O3/c1-25-17-12-21(11-15-6-5-9-20-10-15)18(23)14-22(13-17)19(24)16-7-3-2-4-8-16/h2-3,5-6,9-10,16-17H,4,7-8,11-14H2,1H3. The van der Waals surface area contributed by atoms with E-state index in [1.165, 1.54) is 0 Å². The molecule has 1 aliphatic carbocycles. The Morgan fingerprint density at radius 1 is 1.36 bits per heavy atom. The molecule has 0 saturated carbocycles. The van der Waals surface area contributed by atoms with Gasteiger partial charge in [-0.1, -0.05) is 18.2 Å².